The fourth-order valence-electron chi connectivity index (χ4n) is 2.93. The third-order valence-electron chi connectivity index (χ3n) is 4.32. The summed E-state index contributed by atoms with van der Waals surface area (Å²) in [6, 6.07) is 0.536. The fourth-order valence-corrected chi connectivity index (χ4v) is 4.23. The molecule has 1 atom stereocenters. The highest BCUT2D eigenvalue weighted by Gasteiger charge is 2.29. The number of carbonyl (C=O) groups excluding carboxylic acids is 1. The van der Waals surface area contributed by atoms with Gasteiger partial charge in [-0.25, -0.2) is 0 Å². The maximum absolute atomic E-state index is 11.9. The fraction of sp³-hybridized carbons (Fsp3) is 0.929. The van der Waals surface area contributed by atoms with Crippen molar-refractivity contribution in [1.82, 2.24) is 10.2 Å². The third kappa shape index (κ3) is 4.65. The van der Waals surface area contributed by atoms with E-state index < -0.39 is 5.60 Å². The molecule has 1 saturated carbocycles. The Labute approximate surface area is 120 Å². The predicted molar refractivity (Wildman–Crippen MR) is 79.4 cm³/mol. The molecule has 0 aromatic rings. The summed E-state index contributed by atoms with van der Waals surface area (Å²) in [6.07, 6.45) is 6.18. The monoisotopic (exact) mass is 286 g/mol. The molecule has 1 saturated heterocycles. The van der Waals surface area contributed by atoms with Gasteiger partial charge in [-0.3, -0.25) is 9.69 Å². The summed E-state index contributed by atoms with van der Waals surface area (Å²) < 4.78 is 0. The minimum absolute atomic E-state index is 0.0402. The standard InChI is InChI=1S/C14H26N2O2S/c1-16(12-5-8-19-10-12)9-13(17)15-11-14(18)6-3-2-4-7-14/h12,18H,2-11H2,1H3,(H,15,17). The molecule has 1 amide bonds. The highest BCUT2D eigenvalue weighted by Crippen LogP contribution is 2.27. The number of likely N-dealkylation sites (N-methyl/N-ethyl adjacent to an activating group) is 1. The minimum atomic E-state index is -0.657. The first-order valence-corrected chi connectivity index (χ1v) is 8.52. The molecule has 1 heterocycles. The summed E-state index contributed by atoms with van der Waals surface area (Å²) >= 11 is 1.96. The van der Waals surface area contributed by atoms with E-state index in [1.807, 2.05) is 18.8 Å². The lowest BCUT2D eigenvalue weighted by Crippen LogP contribution is -2.47. The largest absolute Gasteiger partial charge is 0.388 e. The number of carbonyl (C=O) groups is 1. The Bertz CT molecular complexity index is 300. The molecular formula is C14H26N2O2S. The van der Waals surface area contributed by atoms with Crippen LogP contribution in [0.2, 0.25) is 0 Å². The van der Waals surface area contributed by atoms with Gasteiger partial charge in [-0.2, -0.15) is 11.8 Å². The highest BCUT2D eigenvalue weighted by molar-refractivity contribution is 7.99. The van der Waals surface area contributed by atoms with Crippen LogP contribution in [0.1, 0.15) is 38.5 Å². The second-order valence-corrected chi connectivity index (χ2v) is 7.14. The molecule has 2 rings (SSSR count). The van der Waals surface area contributed by atoms with Gasteiger partial charge in [-0.1, -0.05) is 19.3 Å². The molecule has 0 bridgehead atoms. The number of hydrogen-bond acceptors (Lipinski definition) is 4. The summed E-state index contributed by atoms with van der Waals surface area (Å²) in [5.41, 5.74) is -0.657. The van der Waals surface area contributed by atoms with Crippen LogP contribution >= 0.6 is 11.8 Å². The number of thioether (sulfide) groups is 1. The Morgan fingerprint density at radius 3 is 2.79 bits per heavy atom. The summed E-state index contributed by atoms with van der Waals surface area (Å²) in [5, 5.41) is 13.2. The second-order valence-electron chi connectivity index (χ2n) is 5.99. The van der Waals surface area contributed by atoms with Crippen LogP contribution in [0.25, 0.3) is 0 Å². The predicted octanol–water partition coefficient (Wildman–Crippen LogP) is 1.24. The molecule has 1 aliphatic heterocycles. The molecule has 0 spiro atoms. The van der Waals surface area contributed by atoms with E-state index in [9.17, 15) is 9.90 Å². The number of nitrogens with zero attached hydrogens (tertiary/aromatic N) is 1. The van der Waals surface area contributed by atoms with E-state index in [-0.39, 0.29) is 5.91 Å². The van der Waals surface area contributed by atoms with Gasteiger partial charge < -0.3 is 10.4 Å². The second kappa shape index (κ2) is 6.95. The minimum Gasteiger partial charge on any atom is -0.388 e. The van der Waals surface area contributed by atoms with Crippen LogP contribution in [-0.2, 0) is 4.79 Å². The molecule has 0 aromatic heterocycles. The van der Waals surface area contributed by atoms with E-state index in [2.05, 4.69) is 10.2 Å². The number of hydrogen-bond donors (Lipinski definition) is 2. The van der Waals surface area contributed by atoms with Gasteiger partial charge in [0.15, 0.2) is 0 Å². The van der Waals surface area contributed by atoms with E-state index in [1.54, 1.807) is 0 Å². The molecule has 4 nitrogen and oxygen atoms in total. The van der Waals surface area contributed by atoms with Crippen molar-refractivity contribution in [2.45, 2.75) is 50.2 Å². The number of nitrogens with one attached hydrogen (secondary N) is 1. The first-order chi connectivity index (χ1) is 9.09. The van der Waals surface area contributed by atoms with Crippen LogP contribution in [0.4, 0.5) is 0 Å². The summed E-state index contributed by atoms with van der Waals surface area (Å²) in [7, 11) is 2.02. The SMILES string of the molecule is CN(CC(=O)NCC1(O)CCCCC1)C1CCSC1. The smallest absolute Gasteiger partial charge is 0.234 e. The van der Waals surface area contributed by atoms with Gasteiger partial charge in [0.05, 0.1) is 12.1 Å². The molecule has 0 radical (unpaired) electrons. The highest BCUT2D eigenvalue weighted by atomic mass is 32.2. The molecule has 110 valence electrons. The van der Waals surface area contributed by atoms with Gasteiger partial charge >= 0.3 is 0 Å². The van der Waals surface area contributed by atoms with Gasteiger partial charge in [0.25, 0.3) is 0 Å². The maximum Gasteiger partial charge on any atom is 0.234 e. The van der Waals surface area contributed by atoms with Gasteiger partial charge in [-0.15, -0.1) is 0 Å². The molecule has 2 N–H and O–H groups in total. The van der Waals surface area contributed by atoms with Crippen LogP contribution < -0.4 is 5.32 Å². The van der Waals surface area contributed by atoms with E-state index in [0.717, 1.165) is 31.4 Å². The van der Waals surface area contributed by atoms with Crippen LogP contribution in [-0.4, -0.2) is 59.2 Å². The number of aliphatic hydroxyl groups is 1. The van der Waals surface area contributed by atoms with Crippen LogP contribution in [0, 0.1) is 0 Å². The van der Waals surface area contributed by atoms with Crippen molar-refractivity contribution < 1.29 is 9.90 Å². The zero-order valence-corrected chi connectivity index (χ0v) is 12.7. The molecule has 5 heteroatoms. The molecule has 1 unspecified atom stereocenters. The van der Waals surface area contributed by atoms with Crippen LogP contribution in [0.3, 0.4) is 0 Å². The lowest BCUT2D eigenvalue weighted by Gasteiger charge is -2.32. The van der Waals surface area contributed by atoms with Gasteiger partial charge in [0.2, 0.25) is 5.91 Å². The Kier molecular flexibility index (Phi) is 5.54. The van der Waals surface area contributed by atoms with Crippen molar-refractivity contribution in [3.8, 4) is 0 Å². The number of amides is 1. The van der Waals surface area contributed by atoms with Gasteiger partial charge in [-0.05, 0) is 32.1 Å². The lowest BCUT2D eigenvalue weighted by atomic mass is 9.85. The van der Waals surface area contributed by atoms with E-state index in [1.165, 1.54) is 18.6 Å². The summed E-state index contributed by atoms with van der Waals surface area (Å²) in [6.45, 7) is 0.862. The molecule has 2 fully saturated rings. The zero-order valence-electron chi connectivity index (χ0n) is 11.9. The van der Waals surface area contributed by atoms with E-state index in [4.69, 9.17) is 0 Å². The van der Waals surface area contributed by atoms with Crippen molar-refractivity contribution in [2.75, 3.05) is 31.6 Å². The Balaban J connectivity index is 1.68. The molecule has 19 heavy (non-hydrogen) atoms. The normalized spacial score (nSPS) is 26.6. The van der Waals surface area contributed by atoms with Crippen LogP contribution in [0.15, 0.2) is 0 Å². The maximum atomic E-state index is 11.9. The molecular weight excluding hydrogens is 260 g/mol. The van der Waals surface area contributed by atoms with Crippen molar-refractivity contribution >= 4 is 17.7 Å². The van der Waals surface area contributed by atoms with Crippen molar-refractivity contribution in [1.29, 1.82) is 0 Å². The van der Waals surface area contributed by atoms with Crippen molar-refractivity contribution in [2.24, 2.45) is 0 Å². The first-order valence-electron chi connectivity index (χ1n) is 7.36. The topological polar surface area (TPSA) is 52.6 Å². The molecule has 2 aliphatic rings. The van der Waals surface area contributed by atoms with Crippen molar-refractivity contribution in [3.05, 3.63) is 0 Å². The Morgan fingerprint density at radius 2 is 2.16 bits per heavy atom. The van der Waals surface area contributed by atoms with Gasteiger partial charge in [0.1, 0.15) is 0 Å². The Morgan fingerprint density at radius 1 is 1.42 bits per heavy atom. The summed E-state index contributed by atoms with van der Waals surface area (Å²) in [4.78, 5) is 14.1. The summed E-state index contributed by atoms with van der Waals surface area (Å²) in [5.74, 6) is 2.38. The van der Waals surface area contributed by atoms with Crippen molar-refractivity contribution in [3.63, 3.8) is 0 Å². The average molecular weight is 286 g/mol. The quantitative estimate of drug-likeness (QED) is 0.798. The third-order valence-corrected chi connectivity index (χ3v) is 5.47. The zero-order chi connectivity index (χ0) is 13.7. The molecule has 1 aliphatic carbocycles. The number of rotatable bonds is 5. The van der Waals surface area contributed by atoms with E-state index >= 15 is 0 Å². The van der Waals surface area contributed by atoms with E-state index in [0.29, 0.717) is 19.1 Å². The Hall–Kier alpha value is -0.260. The first kappa shape index (κ1) is 15.1. The van der Waals surface area contributed by atoms with Gasteiger partial charge in [0, 0.05) is 18.3 Å². The average Bonchev–Trinajstić information content (AvgIpc) is 2.91. The molecule has 0 aromatic carbocycles. The lowest BCUT2D eigenvalue weighted by molar-refractivity contribution is -0.124. The van der Waals surface area contributed by atoms with Crippen LogP contribution in [0.5, 0.6) is 0 Å².